The third kappa shape index (κ3) is 5.28. The number of fused-ring (bicyclic) bond motifs is 1. The maximum Gasteiger partial charge on any atom is 0.251 e. The number of benzene rings is 1. The Morgan fingerprint density at radius 2 is 1.78 bits per heavy atom. The van der Waals surface area contributed by atoms with Gasteiger partial charge in [0.05, 0.1) is 6.04 Å². The van der Waals surface area contributed by atoms with Crippen LogP contribution in [0.5, 0.6) is 0 Å². The lowest BCUT2D eigenvalue weighted by molar-refractivity contribution is -0.138. The van der Waals surface area contributed by atoms with E-state index in [0.29, 0.717) is 12.0 Å². The van der Waals surface area contributed by atoms with E-state index in [4.69, 9.17) is 10.5 Å². The smallest absolute Gasteiger partial charge is 0.251 e. The van der Waals surface area contributed by atoms with Crippen molar-refractivity contribution in [1.29, 1.82) is 0 Å². The van der Waals surface area contributed by atoms with Crippen LogP contribution in [-0.4, -0.2) is 97.0 Å². The summed E-state index contributed by atoms with van der Waals surface area (Å²) >= 11 is 0. The van der Waals surface area contributed by atoms with Gasteiger partial charge in [0.15, 0.2) is 5.78 Å². The van der Waals surface area contributed by atoms with Crippen molar-refractivity contribution in [2.75, 3.05) is 44.2 Å². The van der Waals surface area contributed by atoms with Crippen LogP contribution in [0.4, 0.5) is 5.69 Å². The van der Waals surface area contributed by atoms with Gasteiger partial charge in [-0.3, -0.25) is 19.3 Å². The number of ketones is 1. The highest BCUT2D eigenvalue weighted by Crippen LogP contribution is 2.30. The molecule has 5 rings (SSSR count). The van der Waals surface area contributed by atoms with Gasteiger partial charge in [0.25, 0.3) is 5.91 Å². The Morgan fingerprint density at radius 3 is 2.39 bits per heavy atom. The molecular formula is C27H39N5O4. The van der Waals surface area contributed by atoms with Crippen molar-refractivity contribution in [1.82, 2.24) is 15.1 Å². The molecule has 1 saturated carbocycles. The van der Waals surface area contributed by atoms with Gasteiger partial charge in [0, 0.05) is 50.0 Å². The zero-order chi connectivity index (χ0) is 25.6. The molecule has 0 unspecified atom stereocenters. The first kappa shape index (κ1) is 25.2. The Hall–Kier alpha value is -2.49. The highest BCUT2D eigenvalue weighted by molar-refractivity contribution is 5.99. The lowest BCUT2D eigenvalue weighted by atomic mass is 9.87. The van der Waals surface area contributed by atoms with E-state index in [0.717, 1.165) is 37.9 Å². The predicted octanol–water partition coefficient (Wildman–Crippen LogP) is 1.01. The molecule has 3 aliphatic heterocycles. The zero-order valence-electron chi connectivity index (χ0n) is 21.6. The number of amides is 2. The van der Waals surface area contributed by atoms with Crippen LogP contribution in [-0.2, 0) is 14.3 Å². The van der Waals surface area contributed by atoms with Gasteiger partial charge in [-0.2, -0.15) is 0 Å². The molecule has 0 radical (unpaired) electrons. The van der Waals surface area contributed by atoms with Crippen molar-refractivity contribution < 1.29 is 19.1 Å². The second kappa shape index (κ2) is 9.76. The summed E-state index contributed by atoms with van der Waals surface area (Å²) in [6.07, 6.45) is 2.64. The molecule has 4 aliphatic rings. The fourth-order valence-corrected chi connectivity index (χ4v) is 5.78. The monoisotopic (exact) mass is 497 g/mol. The second-order valence-electron chi connectivity index (χ2n) is 11.9. The normalized spacial score (nSPS) is 27.8. The summed E-state index contributed by atoms with van der Waals surface area (Å²) in [7, 11) is 0. The molecule has 9 nitrogen and oxygen atoms in total. The number of carbonyl (C=O) groups excluding carboxylic acids is 3. The first-order chi connectivity index (χ1) is 17.1. The van der Waals surface area contributed by atoms with Crippen LogP contribution in [0.3, 0.4) is 0 Å². The van der Waals surface area contributed by atoms with E-state index < -0.39 is 24.2 Å². The number of nitrogens with zero attached hydrogens (tertiary/aromatic N) is 3. The molecule has 1 aromatic carbocycles. The molecule has 0 spiro atoms. The molecule has 4 fully saturated rings. The number of nitrogens with one attached hydrogen (secondary N) is 1. The molecule has 36 heavy (non-hydrogen) atoms. The number of carbonyl (C=O) groups is 3. The Bertz CT molecular complexity index is 994. The zero-order valence-corrected chi connectivity index (χ0v) is 21.6. The first-order valence-electron chi connectivity index (χ1n) is 13.2. The van der Waals surface area contributed by atoms with Crippen molar-refractivity contribution >= 4 is 23.3 Å². The topological polar surface area (TPSA) is 108 Å². The van der Waals surface area contributed by atoms with Crippen LogP contribution in [0.25, 0.3) is 0 Å². The summed E-state index contributed by atoms with van der Waals surface area (Å²) in [4.78, 5) is 45.7. The molecule has 9 heteroatoms. The summed E-state index contributed by atoms with van der Waals surface area (Å²) in [5, 5.41) is 2.96. The number of likely N-dealkylation sites (tertiary alicyclic amines) is 1. The van der Waals surface area contributed by atoms with E-state index in [-0.39, 0.29) is 36.2 Å². The van der Waals surface area contributed by atoms with E-state index in [1.165, 1.54) is 17.7 Å². The van der Waals surface area contributed by atoms with E-state index >= 15 is 0 Å². The van der Waals surface area contributed by atoms with Gasteiger partial charge in [-0.15, -0.1) is 0 Å². The average molecular weight is 498 g/mol. The molecule has 1 aromatic rings. The van der Waals surface area contributed by atoms with Crippen LogP contribution in [0, 0.1) is 5.41 Å². The minimum Gasteiger partial charge on any atom is -0.369 e. The third-order valence-corrected chi connectivity index (χ3v) is 7.80. The number of hydrogen-bond acceptors (Lipinski definition) is 7. The Morgan fingerprint density at radius 1 is 1.11 bits per heavy atom. The van der Waals surface area contributed by atoms with Crippen molar-refractivity contribution in [3.05, 3.63) is 29.8 Å². The molecule has 4 atom stereocenters. The number of anilines is 1. The predicted molar refractivity (Wildman–Crippen MR) is 137 cm³/mol. The SMILES string of the molecule is CC(C)(C)C[C@H](NC(=O)c1ccc(N2CCN(C3CC3)CC2)cc1)C(=O)N1C[C@@H](N)[C@H]2OCC(=O)[C@H]21. The average Bonchev–Trinajstić information content (AvgIpc) is 3.55. The summed E-state index contributed by atoms with van der Waals surface area (Å²) in [6, 6.07) is 6.60. The molecule has 3 saturated heterocycles. The van der Waals surface area contributed by atoms with Crippen LogP contribution < -0.4 is 16.0 Å². The number of piperazine rings is 1. The van der Waals surface area contributed by atoms with Gasteiger partial charge in [0.2, 0.25) is 5.91 Å². The lowest BCUT2D eigenvalue weighted by Gasteiger charge is -2.36. The summed E-state index contributed by atoms with van der Waals surface area (Å²) in [5.41, 5.74) is 7.58. The molecule has 2 amide bonds. The minimum absolute atomic E-state index is 0.0227. The van der Waals surface area contributed by atoms with E-state index in [1.807, 2.05) is 45.0 Å². The number of hydrogen-bond donors (Lipinski definition) is 2. The molecule has 3 heterocycles. The molecular weight excluding hydrogens is 458 g/mol. The van der Waals surface area contributed by atoms with Gasteiger partial charge >= 0.3 is 0 Å². The Balaban J connectivity index is 1.25. The van der Waals surface area contributed by atoms with E-state index in [2.05, 4.69) is 15.1 Å². The maximum atomic E-state index is 13.6. The Kier molecular flexibility index (Phi) is 6.82. The number of rotatable bonds is 6. The molecule has 0 aromatic heterocycles. The molecule has 196 valence electrons. The summed E-state index contributed by atoms with van der Waals surface area (Å²) < 4.78 is 5.53. The lowest BCUT2D eigenvalue weighted by Crippen LogP contribution is -2.53. The Labute approximate surface area is 213 Å². The summed E-state index contributed by atoms with van der Waals surface area (Å²) in [5.74, 6) is -0.697. The number of ether oxygens (including phenoxy) is 1. The van der Waals surface area contributed by atoms with Crippen molar-refractivity contribution in [2.45, 2.75) is 70.3 Å². The molecule has 3 N–H and O–H groups in total. The van der Waals surface area contributed by atoms with Crippen LogP contribution in [0.1, 0.15) is 50.4 Å². The van der Waals surface area contributed by atoms with E-state index in [9.17, 15) is 14.4 Å². The maximum absolute atomic E-state index is 13.6. The van der Waals surface area contributed by atoms with Gasteiger partial charge in [0.1, 0.15) is 24.8 Å². The van der Waals surface area contributed by atoms with E-state index in [1.54, 1.807) is 0 Å². The fourth-order valence-electron chi connectivity index (χ4n) is 5.78. The largest absolute Gasteiger partial charge is 0.369 e. The van der Waals surface area contributed by atoms with Gasteiger partial charge in [-0.05, 0) is 48.9 Å². The fraction of sp³-hybridized carbons (Fsp3) is 0.667. The van der Waals surface area contributed by atoms with Gasteiger partial charge < -0.3 is 25.6 Å². The van der Waals surface area contributed by atoms with Crippen molar-refractivity contribution in [2.24, 2.45) is 11.1 Å². The first-order valence-corrected chi connectivity index (χ1v) is 13.2. The second-order valence-corrected chi connectivity index (χ2v) is 11.9. The van der Waals surface area contributed by atoms with Gasteiger partial charge in [-0.25, -0.2) is 0 Å². The van der Waals surface area contributed by atoms with Crippen molar-refractivity contribution in [3.8, 4) is 0 Å². The van der Waals surface area contributed by atoms with Crippen molar-refractivity contribution in [3.63, 3.8) is 0 Å². The standard InChI is InChI=1S/C27H39N5O4/c1-27(2,3)14-21(26(35)32-15-20(28)24-23(32)22(33)16-36-24)29-25(34)17-4-6-18(7-5-17)30-10-12-31(13-11-30)19-8-9-19/h4-7,19-21,23-24H,8-16,28H2,1-3H3,(H,29,34)/t20-,21+,23-,24-/m1/s1. The highest BCUT2D eigenvalue weighted by Gasteiger charge is 2.52. The minimum atomic E-state index is -0.757. The van der Waals surface area contributed by atoms with Gasteiger partial charge in [-0.1, -0.05) is 20.8 Å². The molecule has 1 aliphatic carbocycles. The quantitative estimate of drug-likeness (QED) is 0.604. The number of Topliss-reactive ketones (excluding diaryl/α,β-unsaturated/α-hetero) is 1. The van der Waals surface area contributed by atoms with Crippen LogP contribution in [0.15, 0.2) is 24.3 Å². The highest BCUT2D eigenvalue weighted by atomic mass is 16.5. The number of nitrogens with two attached hydrogens (primary N) is 1. The molecule has 0 bridgehead atoms. The van der Waals surface area contributed by atoms with Crippen LogP contribution >= 0.6 is 0 Å². The third-order valence-electron chi connectivity index (χ3n) is 7.80. The van der Waals surface area contributed by atoms with Crippen LogP contribution in [0.2, 0.25) is 0 Å². The summed E-state index contributed by atoms with van der Waals surface area (Å²) in [6.45, 7) is 10.5.